The van der Waals surface area contributed by atoms with Crippen LogP contribution in [0.15, 0.2) is 30.3 Å². The predicted molar refractivity (Wildman–Crippen MR) is 103 cm³/mol. The van der Waals surface area contributed by atoms with Gasteiger partial charge in [-0.15, -0.1) is 12.8 Å². The molecule has 8 heteroatoms. The molecule has 0 heterocycles. The van der Waals surface area contributed by atoms with Gasteiger partial charge in [0.05, 0.1) is 0 Å². The Bertz CT molecular complexity index is 544. The van der Waals surface area contributed by atoms with Crippen LogP contribution in [0.3, 0.4) is 0 Å². The summed E-state index contributed by atoms with van der Waals surface area (Å²) in [6.07, 6.45) is 8.99. The topological polar surface area (TPSA) is 136 Å². The summed E-state index contributed by atoms with van der Waals surface area (Å²) in [6.45, 7) is 3.89. The molecule has 1 aromatic carbocycles. The lowest BCUT2D eigenvalue weighted by Gasteiger charge is -1.99. The van der Waals surface area contributed by atoms with Crippen LogP contribution in [0.5, 0.6) is 0 Å². The van der Waals surface area contributed by atoms with Gasteiger partial charge in [0.15, 0.2) is 0 Å². The van der Waals surface area contributed by atoms with E-state index in [1.807, 2.05) is 44.2 Å². The molecule has 0 unspecified atom stereocenters. The third kappa shape index (κ3) is 25.0. The second kappa shape index (κ2) is 22.7. The smallest absolute Gasteiger partial charge is 0.404 e. The first kappa shape index (κ1) is 28.5. The Morgan fingerprint density at radius 3 is 2.19 bits per heavy atom. The zero-order chi connectivity index (χ0) is 21.5. The average Bonchev–Trinajstić information content (AvgIpc) is 2.69. The summed E-state index contributed by atoms with van der Waals surface area (Å²) >= 11 is 0. The molecule has 0 aromatic heterocycles. The molecule has 0 aliphatic carbocycles. The quantitative estimate of drug-likeness (QED) is 0.359. The van der Waals surface area contributed by atoms with E-state index in [1.165, 1.54) is 0 Å². The summed E-state index contributed by atoms with van der Waals surface area (Å²) in [7, 11) is 0. The normalized spacial score (nSPS) is 8.00. The Kier molecular flexibility index (Phi) is 23.9. The van der Waals surface area contributed by atoms with Crippen LogP contribution in [-0.4, -0.2) is 35.9 Å². The van der Waals surface area contributed by atoms with Gasteiger partial charge >= 0.3 is 12.1 Å². The maximum Gasteiger partial charge on any atom is 0.404 e. The minimum Gasteiger partial charge on any atom is -0.480 e. The van der Waals surface area contributed by atoms with Crippen LogP contribution in [0.25, 0.3) is 0 Å². The Hall–Kier alpha value is -3.34. The molecule has 0 fully saturated rings. The highest BCUT2D eigenvalue weighted by molar-refractivity contribution is 5.81. The van der Waals surface area contributed by atoms with E-state index in [0.29, 0.717) is 12.8 Å². The lowest BCUT2D eigenvalue weighted by atomic mass is 10.2. The molecule has 27 heavy (non-hydrogen) atoms. The van der Waals surface area contributed by atoms with Crippen molar-refractivity contribution in [2.45, 2.75) is 39.7 Å². The molecule has 0 saturated heterocycles. The van der Waals surface area contributed by atoms with E-state index in [4.69, 9.17) is 10.8 Å². The van der Waals surface area contributed by atoms with E-state index in [0.717, 1.165) is 11.8 Å². The number of carbonyl (C=O) groups excluding carboxylic acids is 3. The summed E-state index contributed by atoms with van der Waals surface area (Å²) in [5.41, 5.74) is 5.72. The molecular formula is C19H28N2O6. The monoisotopic (exact) mass is 380 g/mol. The molecule has 0 atom stereocenters. The number of benzene rings is 1. The Morgan fingerprint density at radius 1 is 1.19 bits per heavy atom. The molecule has 8 nitrogen and oxygen atoms in total. The van der Waals surface area contributed by atoms with Crippen LogP contribution in [0, 0.1) is 12.8 Å². The number of aliphatic carboxylic acids is 1. The van der Waals surface area contributed by atoms with Gasteiger partial charge in [-0.05, 0) is 12.0 Å². The molecule has 0 bridgehead atoms. The second-order valence-corrected chi connectivity index (χ2v) is 4.32. The summed E-state index contributed by atoms with van der Waals surface area (Å²) in [5, 5.41) is 10.3. The minimum atomic E-state index is -1.07. The van der Waals surface area contributed by atoms with E-state index >= 15 is 0 Å². The zero-order valence-corrected chi connectivity index (χ0v) is 15.7. The molecule has 2 amide bonds. The highest BCUT2D eigenvalue weighted by Gasteiger charge is 2.02. The largest absolute Gasteiger partial charge is 0.480 e. The van der Waals surface area contributed by atoms with Crippen LogP contribution in [0.2, 0.25) is 0 Å². The van der Waals surface area contributed by atoms with Crippen molar-refractivity contribution in [3.05, 3.63) is 35.9 Å². The van der Waals surface area contributed by atoms with E-state index in [2.05, 4.69) is 22.9 Å². The second-order valence-electron chi connectivity index (χ2n) is 4.32. The molecule has 0 saturated carbocycles. The standard InChI is InChI=1S/C8H9NO2.C7H11NO4.C2H6.C2H2/c9-8(10)11-6-7-4-2-1-3-5-7;9-4-2-1-3-6(10)8-5-7(11)12;2*1-2/h1-5H,6H2,(H2,9,10);4H,1-3,5H2,(H,8,10)(H,11,12);1-2H3;1-2H. The van der Waals surface area contributed by atoms with Crippen LogP contribution < -0.4 is 11.1 Å². The first-order valence-electron chi connectivity index (χ1n) is 8.17. The number of unbranched alkanes of at least 4 members (excludes halogenated alkanes) is 1. The number of primary amides is 1. The Morgan fingerprint density at radius 2 is 1.74 bits per heavy atom. The van der Waals surface area contributed by atoms with Gasteiger partial charge in [-0.1, -0.05) is 44.2 Å². The SMILES string of the molecule is C#C.CC.NC(=O)OCc1ccccc1.O=CCCCC(=O)NCC(=O)O. The lowest BCUT2D eigenvalue weighted by Crippen LogP contribution is -2.28. The van der Waals surface area contributed by atoms with Crippen molar-refractivity contribution in [2.75, 3.05) is 6.54 Å². The van der Waals surface area contributed by atoms with Crippen molar-refractivity contribution in [2.24, 2.45) is 5.73 Å². The first-order valence-corrected chi connectivity index (χ1v) is 8.17. The number of carboxylic acid groups (broad SMARTS) is 1. The fourth-order valence-corrected chi connectivity index (χ4v) is 1.34. The van der Waals surface area contributed by atoms with Crippen molar-refractivity contribution in [1.82, 2.24) is 5.32 Å². The maximum atomic E-state index is 10.7. The Labute approximate surface area is 160 Å². The average molecular weight is 380 g/mol. The predicted octanol–water partition coefficient (Wildman–Crippen LogP) is 2.11. The number of carboxylic acids is 1. The van der Waals surface area contributed by atoms with Crippen molar-refractivity contribution in [1.29, 1.82) is 0 Å². The van der Waals surface area contributed by atoms with Gasteiger partial charge in [0.25, 0.3) is 0 Å². The highest BCUT2D eigenvalue weighted by atomic mass is 16.5. The number of amides is 2. The van der Waals surface area contributed by atoms with E-state index < -0.39 is 12.1 Å². The summed E-state index contributed by atoms with van der Waals surface area (Å²) < 4.78 is 4.57. The van der Waals surface area contributed by atoms with Gasteiger partial charge in [-0.3, -0.25) is 9.59 Å². The van der Waals surface area contributed by atoms with Gasteiger partial charge in [-0.2, -0.15) is 0 Å². The van der Waals surface area contributed by atoms with Crippen LogP contribution in [0.1, 0.15) is 38.7 Å². The molecule has 0 radical (unpaired) electrons. The number of hydrogen-bond acceptors (Lipinski definition) is 5. The lowest BCUT2D eigenvalue weighted by molar-refractivity contribution is -0.138. The van der Waals surface area contributed by atoms with Gasteiger partial charge in [0, 0.05) is 12.8 Å². The van der Waals surface area contributed by atoms with E-state index in [-0.39, 0.29) is 25.5 Å². The van der Waals surface area contributed by atoms with Crippen LogP contribution in [-0.2, 0) is 25.7 Å². The van der Waals surface area contributed by atoms with Crippen LogP contribution >= 0.6 is 0 Å². The minimum absolute atomic E-state index is 0.200. The third-order valence-corrected chi connectivity index (χ3v) is 2.39. The molecule has 0 spiro atoms. The number of carbonyl (C=O) groups is 4. The molecule has 4 N–H and O–H groups in total. The van der Waals surface area contributed by atoms with Gasteiger partial charge in [0.1, 0.15) is 19.4 Å². The van der Waals surface area contributed by atoms with Crippen molar-refractivity contribution < 1.29 is 29.0 Å². The maximum absolute atomic E-state index is 10.7. The van der Waals surface area contributed by atoms with Gasteiger partial charge < -0.3 is 25.7 Å². The number of hydrogen-bond donors (Lipinski definition) is 3. The van der Waals surface area contributed by atoms with E-state index in [9.17, 15) is 19.2 Å². The summed E-state index contributed by atoms with van der Waals surface area (Å²) in [6, 6.07) is 9.37. The fourth-order valence-electron chi connectivity index (χ4n) is 1.34. The fraction of sp³-hybridized carbons (Fsp3) is 0.368. The number of nitrogens with two attached hydrogens (primary N) is 1. The zero-order valence-electron chi connectivity index (χ0n) is 15.7. The van der Waals surface area contributed by atoms with Gasteiger partial charge in [-0.25, -0.2) is 4.79 Å². The third-order valence-electron chi connectivity index (χ3n) is 2.39. The van der Waals surface area contributed by atoms with Crippen molar-refractivity contribution >= 4 is 24.3 Å². The number of terminal acetylenes is 1. The molecule has 1 rings (SSSR count). The molecular weight excluding hydrogens is 352 g/mol. The number of ether oxygens (including phenoxy) is 1. The molecule has 1 aromatic rings. The summed E-state index contributed by atoms with van der Waals surface area (Å²) in [5.74, 6) is -1.40. The number of rotatable bonds is 8. The number of nitrogens with one attached hydrogen (secondary N) is 1. The molecule has 150 valence electrons. The highest BCUT2D eigenvalue weighted by Crippen LogP contribution is 1.99. The molecule has 0 aliphatic heterocycles. The molecule has 0 aliphatic rings. The summed E-state index contributed by atoms with van der Waals surface area (Å²) in [4.78, 5) is 40.7. The Balaban J connectivity index is -0.000000360. The number of aldehydes is 1. The first-order chi connectivity index (χ1) is 13.0. The van der Waals surface area contributed by atoms with Crippen molar-refractivity contribution in [3.63, 3.8) is 0 Å². The van der Waals surface area contributed by atoms with Gasteiger partial charge in [0.2, 0.25) is 5.91 Å². The van der Waals surface area contributed by atoms with Crippen molar-refractivity contribution in [3.8, 4) is 12.8 Å². The van der Waals surface area contributed by atoms with E-state index in [1.54, 1.807) is 0 Å². The van der Waals surface area contributed by atoms with Crippen LogP contribution in [0.4, 0.5) is 4.79 Å².